The summed E-state index contributed by atoms with van der Waals surface area (Å²) in [6, 6.07) is 21.4. The van der Waals surface area contributed by atoms with Crippen molar-refractivity contribution in [3.05, 3.63) is 132 Å². The summed E-state index contributed by atoms with van der Waals surface area (Å²) in [5.41, 5.74) is 16.2. The second-order valence-electron chi connectivity index (χ2n) is 16.0. The van der Waals surface area contributed by atoms with Gasteiger partial charge in [-0.25, -0.2) is 0 Å². The van der Waals surface area contributed by atoms with Gasteiger partial charge < -0.3 is 0 Å². The SMILES string of the molecule is CC1(C)C2=C(CCC(C3=c4ccc5cccc6c5c4C(CC=6)CC3)=C2)C2=C1C=C(c1ccc3ccc4c5c3c1=CCC5CCC=4)CC2. The molecule has 230 valence electrons. The molecule has 0 saturated carbocycles. The van der Waals surface area contributed by atoms with E-state index >= 15 is 0 Å². The summed E-state index contributed by atoms with van der Waals surface area (Å²) in [6.07, 6.45) is 25.0. The van der Waals surface area contributed by atoms with Crippen LogP contribution in [0, 0.1) is 5.41 Å². The van der Waals surface area contributed by atoms with E-state index in [1.54, 1.807) is 60.7 Å². The lowest BCUT2D eigenvalue weighted by atomic mass is 9.72. The maximum absolute atomic E-state index is 2.68. The molecular weight excluding hydrogens is 565 g/mol. The van der Waals surface area contributed by atoms with Crippen LogP contribution in [0.4, 0.5) is 0 Å². The first-order chi connectivity index (χ1) is 23.0. The first-order valence-corrected chi connectivity index (χ1v) is 18.4. The molecule has 0 fully saturated rings. The second kappa shape index (κ2) is 9.47. The molecule has 0 heterocycles. The van der Waals surface area contributed by atoms with Gasteiger partial charge in [-0.3, -0.25) is 0 Å². The van der Waals surface area contributed by atoms with Gasteiger partial charge in [-0.1, -0.05) is 98.8 Å². The molecule has 0 N–H and O–H groups in total. The molecular formula is C47H42. The summed E-state index contributed by atoms with van der Waals surface area (Å²) in [5, 5.41) is 11.9. The van der Waals surface area contributed by atoms with E-state index in [1.807, 2.05) is 0 Å². The Morgan fingerprint density at radius 1 is 0.574 bits per heavy atom. The average Bonchev–Trinajstić information content (AvgIpc) is 3.34. The minimum Gasteiger partial charge on any atom is -0.0769 e. The molecule has 4 aromatic carbocycles. The van der Waals surface area contributed by atoms with Gasteiger partial charge in [-0.15, -0.1) is 0 Å². The van der Waals surface area contributed by atoms with Crippen molar-refractivity contribution in [2.45, 2.75) is 89.9 Å². The van der Waals surface area contributed by atoms with Crippen molar-refractivity contribution in [1.82, 2.24) is 0 Å². The minimum absolute atomic E-state index is 0.0383. The fourth-order valence-electron chi connectivity index (χ4n) is 11.2. The van der Waals surface area contributed by atoms with Crippen molar-refractivity contribution in [1.29, 1.82) is 0 Å². The van der Waals surface area contributed by atoms with Crippen molar-refractivity contribution < 1.29 is 0 Å². The van der Waals surface area contributed by atoms with Gasteiger partial charge in [0.25, 0.3) is 0 Å². The lowest BCUT2D eigenvalue weighted by molar-refractivity contribution is 0.568. The quantitative estimate of drug-likeness (QED) is 0.213. The third-order valence-electron chi connectivity index (χ3n) is 13.4. The second-order valence-corrected chi connectivity index (χ2v) is 16.0. The fourth-order valence-corrected chi connectivity index (χ4v) is 11.2. The topological polar surface area (TPSA) is 0 Å². The zero-order valence-electron chi connectivity index (χ0n) is 27.8. The van der Waals surface area contributed by atoms with E-state index in [2.05, 4.69) is 98.8 Å². The van der Waals surface area contributed by atoms with Crippen LogP contribution in [0.3, 0.4) is 0 Å². The molecule has 11 rings (SSSR count). The molecule has 47 heavy (non-hydrogen) atoms. The van der Waals surface area contributed by atoms with Crippen LogP contribution >= 0.6 is 0 Å². The molecule has 2 atom stereocenters. The van der Waals surface area contributed by atoms with Gasteiger partial charge in [0.2, 0.25) is 0 Å². The molecule has 0 nitrogen and oxygen atoms in total. The maximum Gasteiger partial charge on any atom is 0.0152 e. The van der Waals surface area contributed by atoms with Gasteiger partial charge in [-0.2, -0.15) is 0 Å². The van der Waals surface area contributed by atoms with Gasteiger partial charge in [0.15, 0.2) is 0 Å². The highest BCUT2D eigenvalue weighted by Crippen LogP contribution is 2.56. The molecule has 7 aliphatic carbocycles. The molecule has 4 aromatic rings. The van der Waals surface area contributed by atoms with Crippen LogP contribution < -0.4 is 20.9 Å². The largest absolute Gasteiger partial charge is 0.0769 e. The Morgan fingerprint density at radius 2 is 1.32 bits per heavy atom. The lowest BCUT2D eigenvalue weighted by Gasteiger charge is -2.32. The third kappa shape index (κ3) is 3.60. The van der Waals surface area contributed by atoms with Crippen molar-refractivity contribution in [3.8, 4) is 0 Å². The summed E-state index contributed by atoms with van der Waals surface area (Å²) in [4.78, 5) is 0. The molecule has 0 radical (unpaired) electrons. The van der Waals surface area contributed by atoms with Crippen molar-refractivity contribution in [2.75, 3.05) is 0 Å². The van der Waals surface area contributed by atoms with Crippen LogP contribution in [0.2, 0.25) is 0 Å². The Kier molecular flexibility index (Phi) is 5.41. The highest BCUT2D eigenvalue weighted by Gasteiger charge is 2.41. The molecule has 0 saturated heterocycles. The van der Waals surface area contributed by atoms with E-state index in [4.69, 9.17) is 0 Å². The van der Waals surface area contributed by atoms with Crippen LogP contribution in [0.25, 0.3) is 50.9 Å². The maximum atomic E-state index is 2.68. The number of hydrogen-bond donors (Lipinski definition) is 0. The van der Waals surface area contributed by atoms with Crippen molar-refractivity contribution in [2.24, 2.45) is 5.41 Å². The number of hydrogen-bond acceptors (Lipinski definition) is 0. The number of fused-ring (bicyclic) bond motifs is 1. The Bertz CT molecular complexity index is 2540. The Morgan fingerprint density at radius 3 is 2.21 bits per heavy atom. The van der Waals surface area contributed by atoms with Crippen LogP contribution in [-0.2, 0) is 0 Å². The first-order valence-electron chi connectivity index (χ1n) is 18.4. The van der Waals surface area contributed by atoms with Gasteiger partial charge in [0.1, 0.15) is 0 Å². The number of benzene rings is 4. The summed E-state index contributed by atoms with van der Waals surface area (Å²) >= 11 is 0. The highest BCUT2D eigenvalue weighted by molar-refractivity contribution is 5.94. The average molecular weight is 607 g/mol. The molecule has 0 aliphatic heterocycles. The number of rotatable bonds is 2. The Hall–Kier alpha value is -4.16. The van der Waals surface area contributed by atoms with Crippen molar-refractivity contribution >= 4 is 50.9 Å². The molecule has 0 bridgehead atoms. The van der Waals surface area contributed by atoms with Crippen LogP contribution in [0.5, 0.6) is 0 Å². The predicted octanol–water partition coefficient (Wildman–Crippen LogP) is 9.28. The smallest absolute Gasteiger partial charge is 0.0152 e. The minimum atomic E-state index is 0.0383. The molecule has 0 heteroatoms. The van der Waals surface area contributed by atoms with Gasteiger partial charge >= 0.3 is 0 Å². The number of allylic oxidation sites excluding steroid dienone is 8. The van der Waals surface area contributed by atoms with Gasteiger partial charge in [-0.05, 0) is 174 Å². The third-order valence-corrected chi connectivity index (χ3v) is 13.4. The zero-order chi connectivity index (χ0) is 31.0. The van der Waals surface area contributed by atoms with E-state index in [-0.39, 0.29) is 5.41 Å². The van der Waals surface area contributed by atoms with Crippen LogP contribution in [0.1, 0.15) is 107 Å². The Labute approximate surface area is 277 Å². The Balaban J connectivity index is 1.03. The van der Waals surface area contributed by atoms with E-state index in [9.17, 15) is 0 Å². The molecule has 2 unspecified atom stereocenters. The summed E-state index contributed by atoms with van der Waals surface area (Å²) in [7, 11) is 0. The molecule has 0 aromatic heterocycles. The standard InChI is InChI=1S/C47H42/c1-47(2)41-25-33(35-19-13-31-11-9-27-5-3-7-29-15-23-39(35)45(31)43(27)29)17-21-37(41)38-22-18-34(26-42(38)47)36-20-14-32-12-10-28-6-4-8-30-16-24-40(36)46(32)44(28)30/h3,5-7,9-10,12,14-15,20,23-26,30-31H,4,8,11,13,16-19,21-22H2,1-2H3. The summed E-state index contributed by atoms with van der Waals surface area (Å²) in [6.45, 7) is 5.03. The van der Waals surface area contributed by atoms with Crippen LogP contribution in [-0.4, -0.2) is 0 Å². The highest BCUT2D eigenvalue weighted by atomic mass is 14.4. The van der Waals surface area contributed by atoms with E-state index in [0.29, 0.717) is 11.8 Å². The van der Waals surface area contributed by atoms with E-state index in [0.717, 1.165) is 6.42 Å². The molecule has 0 spiro atoms. The zero-order valence-corrected chi connectivity index (χ0v) is 27.8. The molecule has 0 amide bonds. The normalized spacial score (nSPS) is 24.7. The predicted molar refractivity (Wildman–Crippen MR) is 199 cm³/mol. The molecule has 7 aliphatic rings. The van der Waals surface area contributed by atoms with E-state index < -0.39 is 0 Å². The van der Waals surface area contributed by atoms with E-state index in [1.165, 1.54) is 95.2 Å². The van der Waals surface area contributed by atoms with Gasteiger partial charge in [0.05, 0.1) is 0 Å². The first kappa shape index (κ1) is 26.9. The summed E-state index contributed by atoms with van der Waals surface area (Å²) in [5.74, 6) is 1.38. The lowest BCUT2D eigenvalue weighted by Crippen LogP contribution is -2.28. The van der Waals surface area contributed by atoms with Crippen molar-refractivity contribution in [3.63, 3.8) is 0 Å². The summed E-state index contributed by atoms with van der Waals surface area (Å²) < 4.78 is 0. The monoisotopic (exact) mass is 606 g/mol. The van der Waals surface area contributed by atoms with Gasteiger partial charge in [0, 0.05) is 5.41 Å². The fraction of sp³-hybridized carbons (Fsp3) is 0.319. The van der Waals surface area contributed by atoms with Crippen LogP contribution in [0.15, 0.2) is 94.6 Å².